The molecule has 0 heterocycles. The molecule has 0 aromatic heterocycles. The van der Waals surface area contributed by atoms with Crippen LogP contribution in [0.25, 0.3) is 0 Å². The van der Waals surface area contributed by atoms with Crippen LogP contribution in [-0.2, 0) is 15.6 Å². The lowest BCUT2D eigenvalue weighted by Crippen LogP contribution is -2.30. The van der Waals surface area contributed by atoms with Gasteiger partial charge in [0.1, 0.15) is 0 Å². The molecule has 1 amide bonds. The first-order valence-electron chi connectivity index (χ1n) is 6.54. The Labute approximate surface area is 114 Å². The minimum Gasteiger partial charge on any atom is -0.355 e. The molecule has 0 aromatic carbocycles. The number of hydrogen-bond donors (Lipinski definition) is 2. The van der Waals surface area contributed by atoms with Crippen molar-refractivity contribution in [2.75, 3.05) is 25.1 Å². The fourth-order valence-corrected chi connectivity index (χ4v) is 2.33. The summed E-state index contributed by atoms with van der Waals surface area (Å²) in [6.07, 6.45) is 3.98. The van der Waals surface area contributed by atoms with Crippen molar-refractivity contribution in [2.24, 2.45) is 17.1 Å². The minimum absolute atomic E-state index is 0.0479. The van der Waals surface area contributed by atoms with Crippen molar-refractivity contribution in [1.29, 1.82) is 0 Å². The van der Waals surface area contributed by atoms with Crippen LogP contribution in [0.5, 0.6) is 0 Å². The van der Waals surface area contributed by atoms with E-state index in [2.05, 4.69) is 26.1 Å². The molecule has 2 unspecified atom stereocenters. The summed E-state index contributed by atoms with van der Waals surface area (Å²) in [6.45, 7) is 7.72. The summed E-state index contributed by atoms with van der Waals surface area (Å²) in [5.74, 6) is 1.04. The van der Waals surface area contributed by atoms with E-state index in [1.807, 2.05) is 0 Å². The first-order valence-corrected chi connectivity index (χ1v) is 8.27. The van der Waals surface area contributed by atoms with Gasteiger partial charge < -0.3 is 11.1 Å². The molecule has 0 rings (SSSR count). The minimum atomic E-state index is -0.843. The topological polar surface area (TPSA) is 72.2 Å². The average molecular weight is 276 g/mol. The van der Waals surface area contributed by atoms with Crippen LogP contribution in [0.3, 0.4) is 0 Å². The molecule has 0 bridgehead atoms. The highest BCUT2D eigenvalue weighted by atomic mass is 32.2. The first-order chi connectivity index (χ1) is 8.27. The van der Waals surface area contributed by atoms with Gasteiger partial charge in [0.25, 0.3) is 0 Å². The zero-order valence-electron chi connectivity index (χ0n) is 12.1. The fourth-order valence-electron chi connectivity index (χ4n) is 1.94. The van der Waals surface area contributed by atoms with Gasteiger partial charge in [-0.2, -0.15) is 0 Å². The average Bonchev–Trinajstić information content (AvgIpc) is 2.21. The van der Waals surface area contributed by atoms with Gasteiger partial charge in [-0.25, -0.2) is 0 Å². The van der Waals surface area contributed by atoms with E-state index in [-0.39, 0.29) is 11.3 Å². The molecule has 18 heavy (non-hydrogen) atoms. The Bertz CT molecular complexity index is 275. The molecule has 0 aliphatic carbocycles. The fraction of sp³-hybridized carbons (Fsp3) is 0.923. The Hall–Kier alpha value is -0.420. The normalized spacial score (nSPS) is 15.2. The highest BCUT2D eigenvalue weighted by Crippen LogP contribution is 2.31. The molecule has 0 spiro atoms. The van der Waals surface area contributed by atoms with E-state index in [1.165, 1.54) is 0 Å². The quantitative estimate of drug-likeness (QED) is 0.701. The molecule has 0 aliphatic rings. The second-order valence-electron chi connectivity index (χ2n) is 5.81. The highest BCUT2D eigenvalue weighted by molar-refractivity contribution is 7.84. The SMILES string of the molecule is CS(=O)CCNC(=O)CCC(CCN)C(C)(C)C. The van der Waals surface area contributed by atoms with Crippen molar-refractivity contribution >= 4 is 16.7 Å². The summed E-state index contributed by atoms with van der Waals surface area (Å²) in [4.78, 5) is 11.6. The molecule has 3 N–H and O–H groups in total. The third kappa shape index (κ3) is 8.64. The van der Waals surface area contributed by atoms with Gasteiger partial charge in [-0.1, -0.05) is 20.8 Å². The van der Waals surface area contributed by atoms with Gasteiger partial charge in [0, 0.05) is 35.8 Å². The Morgan fingerprint density at radius 2 is 1.94 bits per heavy atom. The number of nitrogens with one attached hydrogen (secondary N) is 1. The number of nitrogens with two attached hydrogens (primary N) is 1. The maximum Gasteiger partial charge on any atom is 0.220 e. The van der Waals surface area contributed by atoms with Gasteiger partial charge in [-0.3, -0.25) is 9.00 Å². The van der Waals surface area contributed by atoms with E-state index in [9.17, 15) is 9.00 Å². The zero-order valence-corrected chi connectivity index (χ0v) is 12.9. The van der Waals surface area contributed by atoms with E-state index in [0.29, 0.717) is 31.2 Å². The molecule has 0 aliphatic heterocycles. The predicted octanol–water partition coefficient (Wildman–Crippen LogP) is 1.27. The van der Waals surface area contributed by atoms with Crippen LogP contribution in [0.2, 0.25) is 0 Å². The summed E-state index contributed by atoms with van der Waals surface area (Å²) >= 11 is 0. The van der Waals surface area contributed by atoms with E-state index in [0.717, 1.165) is 12.8 Å². The zero-order chi connectivity index (χ0) is 14.2. The van der Waals surface area contributed by atoms with E-state index < -0.39 is 10.8 Å². The lowest BCUT2D eigenvalue weighted by atomic mass is 9.76. The number of hydrogen-bond acceptors (Lipinski definition) is 3. The van der Waals surface area contributed by atoms with Crippen molar-refractivity contribution in [3.63, 3.8) is 0 Å². The molecule has 108 valence electrons. The van der Waals surface area contributed by atoms with Crippen LogP contribution in [0, 0.1) is 11.3 Å². The third-order valence-corrected chi connectivity index (χ3v) is 3.95. The molecule has 0 saturated heterocycles. The van der Waals surface area contributed by atoms with Crippen LogP contribution in [0.4, 0.5) is 0 Å². The van der Waals surface area contributed by atoms with Gasteiger partial charge in [0.05, 0.1) is 0 Å². The van der Waals surface area contributed by atoms with E-state index >= 15 is 0 Å². The van der Waals surface area contributed by atoms with Gasteiger partial charge in [0.15, 0.2) is 0 Å². The van der Waals surface area contributed by atoms with Crippen LogP contribution in [-0.4, -0.2) is 35.2 Å². The maximum absolute atomic E-state index is 11.6. The second-order valence-corrected chi connectivity index (χ2v) is 7.36. The molecule has 5 heteroatoms. The number of carbonyl (C=O) groups excluding carboxylic acids is 1. The standard InChI is InChI=1S/C13H28N2O2S/c1-13(2,3)11(7-8-14)5-6-12(16)15-9-10-18(4)17/h11H,5-10,14H2,1-4H3,(H,15,16). The van der Waals surface area contributed by atoms with Crippen LogP contribution < -0.4 is 11.1 Å². The lowest BCUT2D eigenvalue weighted by Gasteiger charge is -2.30. The van der Waals surface area contributed by atoms with Crippen molar-refractivity contribution in [2.45, 2.75) is 40.0 Å². The summed E-state index contributed by atoms with van der Waals surface area (Å²) < 4.78 is 10.9. The van der Waals surface area contributed by atoms with Crippen molar-refractivity contribution in [3.05, 3.63) is 0 Å². The summed E-state index contributed by atoms with van der Waals surface area (Å²) in [6, 6.07) is 0. The molecule has 0 aromatic rings. The molecular weight excluding hydrogens is 248 g/mol. The maximum atomic E-state index is 11.6. The second kappa shape index (κ2) is 8.64. The Morgan fingerprint density at radius 1 is 1.33 bits per heavy atom. The van der Waals surface area contributed by atoms with Crippen LogP contribution in [0.15, 0.2) is 0 Å². The van der Waals surface area contributed by atoms with E-state index in [4.69, 9.17) is 5.73 Å². The Kier molecular flexibility index (Phi) is 8.44. The molecule has 4 nitrogen and oxygen atoms in total. The Balaban J connectivity index is 3.96. The first kappa shape index (κ1) is 17.6. The molecule has 0 fully saturated rings. The van der Waals surface area contributed by atoms with Crippen molar-refractivity contribution in [1.82, 2.24) is 5.32 Å². The summed E-state index contributed by atoms with van der Waals surface area (Å²) in [7, 11) is -0.843. The summed E-state index contributed by atoms with van der Waals surface area (Å²) in [5.41, 5.74) is 5.80. The number of carbonyl (C=O) groups is 1. The lowest BCUT2D eigenvalue weighted by molar-refractivity contribution is -0.121. The van der Waals surface area contributed by atoms with Crippen LogP contribution >= 0.6 is 0 Å². The largest absolute Gasteiger partial charge is 0.355 e. The molecular formula is C13H28N2O2S. The van der Waals surface area contributed by atoms with Gasteiger partial charge in [-0.15, -0.1) is 0 Å². The molecule has 0 saturated carbocycles. The van der Waals surface area contributed by atoms with Gasteiger partial charge >= 0.3 is 0 Å². The predicted molar refractivity (Wildman–Crippen MR) is 77.8 cm³/mol. The number of amides is 1. The smallest absolute Gasteiger partial charge is 0.220 e. The third-order valence-electron chi connectivity index (χ3n) is 3.17. The monoisotopic (exact) mass is 276 g/mol. The summed E-state index contributed by atoms with van der Waals surface area (Å²) in [5, 5.41) is 2.80. The van der Waals surface area contributed by atoms with Crippen LogP contribution in [0.1, 0.15) is 40.0 Å². The molecule has 0 radical (unpaired) electrons. The van der Waals surface area contributed by atoms with Gasteiger partial charge in [0.2, 0.25) is 5.91 Å². The Morgan fingerprint density at radius 3 is 2.39 bits per heavy atom. The number of rotatable bonds is 8. The highest BCUT2D eigenvalue weighted by Gasteiger charge is 2.24. The molecule has 2 atom stereocenters. The van der Waals surface area contributed by atoms with Gasteiger partial charge in [-0.05, 0) is 30.7 Å². The van der Waals surface area contributed by atoms with Crippen molar-refractivity contribution in [3.8, 4) is 0 Å². The van der Waals surface area contributed by atoms with Crippen molar-refractivity contribution < 1.29 is 9.00 Å². The van der Waals surface area contributed by atoms with E-state index in [1.54, 1.807) is 6.26 Å².